The molecule has 1 fully saturated rings. The zero-order chi connectivity index (χ0) is 25.7. The number of carbonyl (C=O) groups excluding carboxylic acids is 1. The number of para-hydroxylation sites is 1. The standard InChI is InChI=1S/C30H34N2O4S/c33-29(24-11-15-27(16-12-24)36-22-21-35-26-9-5-2-6-10-26)32-30(37)31-25-13-17-28(18-14-25)34-20-19-23-7-3-1-4-8-23/h2,5-6,9-18,23H,1,3-4,7-8,19-22H2,(H2,31,32,33,37). The molecule has 0 unspecified atom stereocenters. The summed E-state index contributed by atoms with van der Waals surface area (Å²) in [4.78, 5) is 12.6. The second-order valence-corrected chi connectivity index (χ2v) is 9.52. The lowest BCUT2D eigenvalue weighted by Crippen LogP contribution is -2.34. The first-order valence-corrected chi connectivity index (χ1v) is 13.3. The molecule has 0 atom stereocenters. The predicted octanol–water partition coefficient (Wildman–Crippen LogP) is 6.62. The Morgan fingerprint density at radius 3 is 1.95 bits per heavy atom. The van der Waals surface area contributed by atoms with Gasteiger partial charge in [-0.3, -0.25) is 10.1 Å². The van der Waals surface area contributed by atoms with Crippen molar-refractivity contribution >= 4 is 28.9 Å². The highest BCUT2D eigenvalue weighted by Crippen LogP contribution is 2.26. The van der Waals surface area contributed by atoms with Crippen molar-refractivity contribution in [1.82, 2.24) is 5.32 Å². The van der Waals surface area contributed by atoms with Crippen molar-refractivity contribution in [3.05, 3.63) is 84.4 Å². The SMILES string of the molecule is O=C(NC(=S)Nc1ccc(OCCC2CCCCC2)cc1)c1ccc(OCCOc2ccccc2)cc1. The van der Waals surface area contributed by atoms with Gasteiger partial charge in [-0.2, -0.15) is 0 Å². The fourth-order valence-corrected chi connectivity index (χ4v) is 4.54. The van der Waals surface area contributed by atoms with Crippen LogP contribution < -0.4 is 24.8 Å². The number of benzene rings is 3. The Morgan fingerprint density at radius 1 is 0.730 bits per heavy atom. The van der Waals surface area contributed by atoms with Gasteiger partial charge in [0, 0.05) is 11.3 Å². The maximum Gasteiger partial charge on any atom is 0.257 e. The van der Waals surface area contributed by atoms with E-state index in [-0.39, 0.29) is 11.0 Å². The molecular weight excluding hydrogens is 484 g/mol. The lowest BCUT2D eigenvalue weighted by molar-refractivity contribution is 0.0977. The van der Waals surface area contributed by atoms with E-state index in [0.29, 0.717) is 24.5 Å². The molecule has 0 heterocycles. The van der Waals surface area contributed by atoms with Gasteiger partial charge in [0.1, 0.15) is 30.5 Å². The summed E-state index contributed by atoms with van der Waals surface area (Å²) < 4.78 is 17.2. The molecule has 0 radical (unpaired) electrons. The van der Waals surface area contributed by atoms with E-state index in [0.717, 1.165) is 36.1 Å². The van der Waals surface area contributed by atoms with Crippen molar-refractivity contribution in [2.24, 2.45) is 5.92 Å². The quantitative estimate of drug-likeness (QED) is 0.220. The van der Waals surface area contributed by atoms with E-state index >= 15 is 0 Å². The van der Waals surface area contributed by atoms with Gasteiger partial charge < -0.3 is 19.5 Å². The van der Waals surface area contributed by atoms with E-state index in [4.69, 9.17) is 26.4 Å². The highest BCUT2D eigenvalue weighted by molar-refractivity contribution is 7.80. The van der Waals surface area contributed by atoms with Crippen LogP contribution >= 0.6 is 12.2 Å². The molecule has 1 amide bonds. The molecule has 1 aliphatic carbocycles. The van der Waals surface area contributed by atoms with Crippen LogP contribution in [0, 0.1) is 5.92 Å². The molecule has 1 saturated carbocycles. The summed E-state index contributed by atoms with van der Waals surface area (Å²) in [6.45, 7) is 1.58. The lowest BCUT2D eigenvalue weighted by Gasteiger charge is -2.21. The van der Waals surface area contributed by atoms with Gasteiger partial charge in [-0.1, -0.05) is 50.3 Å². The Morgan fingerprint density at radius 2 is 1.30 bits per heavy atom. The third-order valence-corrected chi connectivity index (χ3v) is 6.54. The minimum Gasteiger partial charge on any atom is -0.494 e. The highest BCUT2D eigenvalue weighted by Gasteiger charge is 2.13. The van der Waals surface area contributed by atoms with Gasteiger partial charge in [-0.05, 0) is 85.2 Å². The maximum atomic E-state index is 12.6. The van der Waals surface area contributed by atoms with Crippen molar-refractivity contribution in [2.45, 2.75) is 38.5 Å². The fraction of sp³-hybridized carbons (Fsp3) is 0.333. The van der Waals surface area contributed by atoms with Crippen LogP contribution in [0.5, 0.6) is 17.2 Å². The van der Waals surface area contributed by atoms with Crippen LogP contribution in [0.2, 0.25) is 0 Å². The molecule has 37 heavy (non-hydrogen) atoms. The number of amides is 1. The molecule has 7 heteroatoms. The third-order valence-electron chi connectivity index (χ3n) is 6.34. The van der Waals surface area contributed by atoms with Crippen molar-refractivity contribution in [2.75, 3.05) is 25.1 Å². The van der Waals surface area contributed by atoms with Crippen molar-refractivity contribution in [1.29, 1.82) is 0 Å². The molecule has 6 nitrogen and oxygen atoms in total. The van der Waals surface area contributed by atoms with Gasteiger partial charge in [0.25, 0.3) is 5.91 Å². The first-order valence-electron chi connectivity index (χ1n) is 12.9. The maximum absolute atomic E-state index is 12.6. The average Bonchev–Trinajstić information content (AvgIpc) is 2.93. The summed E-state index contributed by atoms with van der Waals surface area (Å²) in [7, 11) is 0. The molecule has 3 aromatic carbocycles. The Balaban J connectivity index is 1.14. The summed E-state index contributed by atoms with van der Waals surface area (Å²) in [6, 6.07) is 24.1. The van der Waals surface area contributed by atoms with E-state index in [2.05, 4.69) is 10.6 Å². The van der Waals surface area contributed by atoms with E-state index in [1.807, 2.05) is 54.6 Å². The average molecular weight is 519 g/mol. The molecular formula is C30H34N2O4S. The Kier molecular flexibility index (Phi) is 10.2. The van der Waals surface area contributed by atoms with Gasteiger partial charge in [0.15, 0.2) is 5.11 Å². The Bertz CT molecular complexity index is 1110. The number of hydrogen-bond donors (Lipinski definition) is 2. The second kappa shape index (κ2) is 14.2. The zero-order valence-corrected chi connectivity index (χ0v) is 21.8. The van der Waals surface area contributed by atoms with Crippen LogP contribution in [0.1, 0.15) is 48.9 Å². The lowest BCUT2D eigenvalue weighted by atomic mass is 9.87. The summed E-state index contributed by atoms with van der Waals surface area (Å²) >= 11 is 5.31. The smallest absolute Gasteiger partial charge is 0.257 e. The molecule has 4 rings (SSSR count). The molecule has 2 N–H and O–H groups in total. The predicted molar refractivity (Wildman–Crippen MR) is 151 cm³/mol. The molecule has 0 saturated heterocycles. The molecule has 0 bridgehead atoms. The minimum absolute atomic E-state index is 0.231. The third kappa shape index (κ3) is 9.10. The minimum atomic E-state index is -0.292. The number of carbonyl (C=O) groups is 1. The number of thiocarbonyl (C=S) groups is 1. The van der Waals surface area contributed by atoms with E-state index in [1.54, 1.807) is 24.3 Å². The van der Waals surface area contributed by atoms with Crippen LogP contribution in [0.15, 0.2) is 78.9 Å². The summed E-state index contributed by atoms with van der Waals surface area (Å²) in [5, 5.41) is 5.98. The van der Waals surface area contributed by atoms with E-state index in [1.165, 1.54) is 32.1 Å². The zero-order valence-electron chi connectivity index (χ0n) is 21.0. The van der Waals surface area contributed by atoms with Crippen molar-refractivity contribution < 1.29 is 19.0 Å². The largest absolute Gasteiger partial charge is 0.494 e. The van der Waals surface area contributed by atoms with Gasteiger partial charge >= 0.3 is 0 Å². The van der Waals surface area contributed by atoms with Gasteiger partial charge in [0.05, 0.1) is 6.61 Å². The number of nitrogens with one attached hydrogen (secondary N) is 2. The number of ether oxygens (including phenoxy) is 3. The van der Waals surface area contributed by atoms with Crippen LogP contribution in [-0.4, -0.2) is 30.8 Å². The molecule has 0 spiro atoms. The molecule has 1 aliphatic rings. The number of anilines is 1. The number of hydrogen-bond acceptors (Lipinski definition) is 5. The first-order chi connectivity index (χ1) is 18.2. The topological polar surface area (TPSA) is 68.8 Å². The Hall–Kier alpha value is -3.58. The first kappa shape index (κ1) is 26.5. The van der Waals surface area contributed by atoms with Gasteiger partial charge in [0.2, 0.25) is 0 Å². The van der Waals surface area contributed by atoms with Crippen LogP contribution in [-0.2, 0) is 0 Å². The second-order valence-electron chi connectivity index (χ2n) is 9.11. The molecule has 0 aliphatic heterocycles. The van der Waals surface area contributed by atoms with Gasteiger partial charge in [-0.15, -0.1) is 0 Å². The summed E-state index contributed by atoms with van der Waals surface area (Å²) in [6.07, 6.45) is 7.86. The highest BCUT2D eigenvalue weighted by atomic mass is 32.1. The van der Waals surface area contributed by atoms with E-state index < -0.39 is 0 Å². The van der Waals surface area contributed by atoms with Crippen molar-refractivity contribution in [3.63, 3.8) is 0 Å². The fourth-order valence-electron chi connectivity index (χ4n) is 4.33. The molecule has 194 valence electrons. The number of rotatable bonds is 11. The van der Waals surface area contributed by atoms with Gasteiger partial charge in [-0.25, -0.2) is 0 Å². The summed E-state index contributed by atoms with van der Waals surface area (Å²) in [5.41, 5.74) is 1.27. The van der Waals surface area contributed by atoms with Crippen molar-refractivity contribution in [3.8, 4) is 17.2 Å². The summed E-state index contributed by atoms with van der Waals surface area (Å²) in [5.74, 6) is 2.81. The van der Waals surface area contributed by atoms with Crippen LogP contribution in [0.4, 0.5) is 5.69 Å². The monoisotopic (exact) mass is 518 g/mol. The van der Waals surface area contributed by atoms with E-state index in [9.17, 15) is 4.79 Å². The van der Waals surface area contributed by atoms with Crippen LogP contribution in [0.3, 0.4) is 0 Å². The molecule has 0 aromatic heterocycles. The van der Waals surface area contributed by atoms with Crippen LogP contribution in [0.25, 0.3) is 0 Å². The molecule has 3 aromatic rings. The Labute approximate surface area is 224 Å². The normalized spacial score (nSPS) is 13.4.